The Balaban J connectivity index is 1.35. The van der Waals surface area contributed by atoms with Crippen molar-refractivity contribution in [2.75, 3.05) is 24.5 Å². The van der Waals surface area contributed by atoms with E-state index in [1.165, 1.54) is 22.5 Å². The maximum atomic E-state index is 12.6. The lowest BCUT2D eigenvalue weighted by Crippen LogP contribution is -2.35. The first-order valence-corrected chi connectivity index (χ1v) is 9.64. The fourth-order valence-electron chi connectivity index (χ4n) is 3.72. The van der Waals surface area contributed by atoms with Gasteiger partial charge in [0.2, 0.25) is 5.91 Å². The van der Waals surface area contributed by atoms with E-state index in [4.69, 9.17) is 5.21 Å². The number of nitrogens with one attached hydrogen (secondary N) is 1. The van der Waals surface area contributed by atoms with Crippen molar-refractivity contribution < 1.29 is 14.8 Å². The Kier molecular flexibility index (Phi) is 4.76. The third-order valence-corrected chi connectivity index (χ3v) is 6.28. The van der Waals surface area contributed by atoms with Gasteiger partial charge in [0.1, 0.15) is 0 Å². The van der Waals surface area contributed by atoms with Crippen molar-refractivity contribution >= 4 is 28.8 Å². The minimum Gasteiger partial charge on any atom is -0.312 e. The molecule has 0 atom stereocenters. The van der Waals surface area contributed by atoms with E-state index < -0.39 is 5.91 Å². The highest BCUT2D eigenvalue weighted by Crippen LogP contribution is 2.30. The van der Waals surface area contributed by atoms with Crippen LogP contribution in [0.25, 0.3) is 0 Å². The number of carbonyl (C=O) groups excluding carboxylic acids is 2. The molecule has 2 aromatic rings. The number of hydrogen-bond acceptors (Lipinski definition) is 5. The number of para-hydroxylation sites is 1. The van der Waals surface area contributed by atoms with E-state index in [9.17, 15) is 9.59 Å². The van der Waals surface area contributed by atoms with E-state index in [1.807, 2.05) is 29.2 Å². The molecular weight excluding hydrogens is 350 g/mol. The molecule has 0 saturated heterocycles. The normalized spacial score (nSPS) is 16.3. The number of carbonyl (C=O) groups is 2. The average molecular weight is 371 g/mol. The number of benzene rings is 1. The molecule has 2 aliphatic heterocycles. The molecule has 0 spiro atoms. The molecule has 3 heterocycles. The summed E-state index contributed by atoms with van der Waals surface area (Å²) in [5.41, 5.74) is 5.16. The first-order valence-electron chi connectivity index (χ1n) is 8.82. The summed E-state index contributed by atoms with van der Waals surface area (Å²) in [5, 5.41) is 8.77. The zero-order chi connectivity index (χ0) is 18.1. The summed E-state index contributed by atoms with van der Waals surface area (Å²) in [6, 6.07) is 9.96. The molecule has 0 radical (unpaired) electrons. The van der Waals surface area contributed by atoms with Gasteiger partial charge in [-0.3, -0.25) is 19.7 Å². The van der Waals surface area contributed by atoms with Crippen molar-refractivity contribution in [3.05, 3.63) is 51.2 Å². The van der Waals surface area contributed by atoms with Gasteiger partial charge in [0.15, 0.2) is 0 Å². The van der Waals surface area contributed by atoms with Crippen LogP contribution in [0, 0.1) is 0 Å². The van der Waals surface area contributed by atoms with Gasteiger partial charge in [-0.1, -0.05) is 18.2 Å². The van der Waals surface area contributed by atoms with Crippen LogP contribution in [-0.2, 0) is 24.2 Å². The number of anilines is 1. The Morgan fingerprint density at radius 1 is 1.15 bits per heavy atom. The molecule has 0 unspecified atom stereocenters. The largest absolute Gasteiger partial charge is 0.312 e. The summed E-state index contributed by atoms with van der Waals surface area (Å²) in [7, 11) is 0. The van der Waals surface area contributed by atoms with Gasteiger partial charge in [0.25, 0.3) is 5.91 Å². The van der Waals surface area contributed by atoms with Crippen LogP contribution in [0.15, 0.2) is 30.3 Å². The summed E-state index contributed by atoms with van der Waals surface area (Å²) in [6.45, 7) is 3.12. The van der Waals surface area contributed by atoms with E-state index in [0.717, 1.165) is 49.6 Å². The number of nitrogens with zero attached hydrogens (tertiary/aromatic N) is 2. The van der Waals surface area contributed by atoms with Crippen LogP contribution in [0.3, 0.4) is 0 Å². The Morgan fingerprint density at radius 3 is 2.81 bits per heavy atom. The van der Waals surface area contributed by atoms with Crippen LogP contribution in [0.4, 0.5) is 5.69 Å². The summed E-state index contributed by atoms with van der Waals surface area (Å²) in [5.74, 6) is -0.286. The van der Waals surface area contributed by atoms with Crippen LogP contribution >= 0.6 is 11.3 Å². The number of amides is 2. The fourth-order valence-corrected chi connectivity index (χ4v) is 4.86. The van der Waals surface area contributed by atoms with Gasteiger partial charge >= 0.3 is 0 Å². The van der Waals surface area contributed by atoms with Gasteiger partial charge in [-0.25, -0.2) is 5.48 Å². The second-order valence-corrected chi connectivity index (χ2v) is 7.84. The maximum absolute atomic E-state index is 12.6. The van der Waals surface area contributed by atoms with Crippen LogP contribution < -0.4 is 10.4 Å². The third-order valence-electron chi connectivity index (χ3n) is 5.12. The van der Waals surface area contributed by atoms with Crippen molar-refractivity contribution in [1.29, 1.82) is 0 Å². The fraction of sp³-hybridized carbons (Fsp3) is 0.368. The van der Waals surface area contributed by atoms with Gasteiger partial charge in [0.05, 0.1) is 4.88 Å². The van der Waals surface area contributed by atoms with Gasteiger partial charge < -0.3 is 4.90 Å². The highest BCUT2D eigenvalue weighted by Gasteiger charge is 2.26. The number of rotatable bonds is 4. The second kappa shape index (κ2) is 7.19. The molecule has 1 aromatic carbocycles. The molecule has 2 N–H and O–H groups in total. The molecule has 0 saturated carbocycles. The molecule has 26 heavy (non-hydrogen) atoms. The number of fused-ring (bicyclic) bond motifs is 2. The number of hydrogen-bond donors (Lipinski definition) is 2. The molecule has 2 aliphatic rings. The van der Waals surface area contributed by atoms with Crippen LogP contribution in [-0.4, -0.2) is 41.6 Å². The SMILES string of the molecule is O=C(NO)c1cc2c(s1)CN(CCC(=O)N1CCc3ccccc31)CC2. The molecule has 7 heteroatoms. The highest BCUT2D eigenvalue weighted by atomic mass is 32.1. The molecular formula is C19H21N3O3S. The van der Waals surface area contributed by atoms with E-state index in [-0.39, 0.29) is 5.91 Å². The third kappa shape index (κ3) is 3.25. The zero-order valence-electron chi connectivity index (χ0n) is 14.4. The topological polar surface area (TPSA) is 72.9 Å². The minimum atomic E-state index is -0.459. The molecule has 6 nitrogen and oxygen atoms in total. The highest BCUT2D eigenvalue weighted by molar-refractivity contribution is 7.14. The number of hydroxylamine groups is 1. The van der Waals surface area contributed by atoms with Gasteiger partial charge in [-0.15, -0.1) is 11.3 Å². The Bertz CT molecular complexity index is 848. The first-order chi connectivity index (χ1) is 12.7. The van der Waals surface area contributed by atoms with E-state index in [1.54, 1.807) is 5.48 Å². The summed E-state index contributed by atoms with van der Waals surface area (Å²) < 4.78 is 0. The lowest BCUT2D eigenvalue weighted by atomic mass is 10.1. The van der Waals surface area contributed by atoms with Gasteiger partial charge in [-0.05, 0) is 36.1 Å². The van der Waals surface area contributed by atoms with Crippen molar-refractivity contribution in [1.82, 2.24) is 10.4 Å². The zero-order valence-corrected chi connectivity index (χ0v) is 15.2. The van der Waals surface area contributed by atoms with E-state index in [0.29, 0.717) is 11.3 Å². The van der Waals surface area contributed by atoms with Gasteiger partial charge in [-0.2, -0.15) is 0 Å². The predicted octanol–water partition coefficient (Wildman–Crippen LogP) is 2.20. The molecule has 0 fully saturated rings. The van der Waals surface area contributed by atoms with Crippen LogP contribution in [0.2, 0.25) is 0 Å². The minimum absolute atomic E-state index is 0.173. The molecule has 1 aromatic heterocycles. The van der Waals surface area contributed by atoms with E-state index >= 15 is 0 Å². The summed E-state index contributed by atoms with van der Waals surface area (Å²) in [6.07, 6.45) is 2.30. The van der Waals surface area contributed by atoms with Gasteiger partial charge in [0, 0.05) is 43.2 Å². The second-order valence-electron chi connectivity index (χ2n) is 6.70. The summed E-state index contributed by atoms with van der Waals surface area (Å²) in [4.78, 5) is 30.1. The Morgan fingerprint density at radius 2 is 1.96 bits per heavy atom. The van der Waals surface area contributed by atoms with Crippen LogP contribution in [0.1, 0.15) is 32.1 Å². The standard InChI is InChI=1S/C19H21N3O3S/c23-18(22-10-6-13-3-1-2-4-15(13)22)7-9-21-8-5-14-11-16(19(24)20-25)26-17(14)12-21/h1-4,11,25H,5-10,12H2,(H,20,24). The lowest BCUT2D eigenvalue weighted by Gasteiger charge is -2.27. The van der Waals surface area contributed by atoms with E-state index in [2.05, 4.69) is 11.0 Å². The van der Waals surface area contributed by atoms with Crippen molar-refractivity contribution in [2.24, 2.45) is 0 Å². The summed E-state index contributed by atoms with van der Waals surface area (Å²) >= 11 is 1.41. The van der Waals surface area contributed by atoms with Crippen LogP contribution in [0.5, 0.6) is 0 Å². The predicted molar refractivity (Wildman–Crippen MR) is 99.7 cm³/mol. The van der Waals surface area contributed by atoms with Crippen molar-refractivity contribution in [3.8, 4) is 0 Å². The smallest absolute Gasteiger partial charge is 0.284 e. The quantitative estimate of drug-likeness (QED) is 0.638. The molecule has 4 rings (SSSR count). The molecule has 0 aliphatic carbocycles. The number of thiophene rings is 1. The molecule has 2 amide bonds. The lowest BCUT2D eigenvalue weighted by molar-refractivity contribution is -0.118. The Labute approximate surface area is 156 Å². The van der Waals surface area contributed by atoms with Crippen molar-refractivity contribution in [3.63, 3.8) is 0 Å². The maximum Gasteiger partial charge on any atom is 0.284 e. The monoisotopic (exact) mass is 371 g/mol. The first kappa shape index (κ1) is 17.2. The van der Waals surface area contributed by atoms with Crippen molar-refractivity contribution in [2.45, 2.75) is 25.8 Å². The molecule has 136 valence electrons. The Hall–Kier alpha value is -2.22. The average Bonchev–Trinajstić information content (AvgIpc) is 3.29. The molecule has 0 bridgehead atoms.